The fourth-order valence-corrected chi connectivity index (χ4v) is 2.96. The Kier molecular flexibility index (Phi) is 4.48. The third-order valence-electron chi connectivity index (χ3n) is 3.15. The Labute approximate surface area is 103 Å². The smallest absolute Gasteiger partial charge is 0.0458 e. The second-order valence-corrected chi connectivity index (χ2v) is 5.08. The van der Waals surface area contributed by atoms with E-state index in [1.165, 1.54) is 0 Å². The Morgan fingerprint density at radius 2 is 1.67 bits per heavy atom. The SMILES string of the molecule is CCCC(C)(CC)c1c(Cl)cccc1Cl. The lowest BCUT2D eigenvalue weighted by Crippen LogP contribution is -2.21. The second-order valence-electron chi connectivity index (χ2n) is 4.26. The molecular formula is C13H18Cl2. The van der Waals surface area contributed by atoms with Crippen molar-refractivity contribution in [2.75, 3.05) is 0 Å². The Balaban J connectivity index is 3.22. The number of hydrogen-bond acceptors (Lipinski definition) is 0. The van der Waals surface area contributed by atoms with Crippen LogP contribution in [0.15, 0.2) is 18.2 Å². The van der Waals surface area contributed by atoms with Gasteiger partial charge in [0.05, 0.1) is 0 Å². The molecule has 2 heteroatoms. The lowest BCUT2D eigenvalue weighted by Gasteiger charge is -2.30. The van der Waals surface area contributed by atoms with Gasteiger partial charge in [-0.1, -0.05) is 56.5 Å². The van der Waals surface area contributed by atoms with Crippen molar-refractivity contribution >= 4 is 23.2 Å². The van der Waals surface area contributed by atoms with Crippen LogP contribution in [0.2, 0.25) is 10.0 Å². The molecule has 0 N–H and O–H groups in total. The average Bonchev–Trinajstić information content (AvgIpc) is 2.18. The van der Waals surface area contributed by atoms with Crippen LogP contribution in [0.1, 0.15) is 45.6 Å². The summed E-state index contributed by atoms with van der Waals surface area (Å²) in [6, 6.07) is 5.74. The zero-order chi connectivity index (χ0) is 11.5. The fraction of sp³-hybridized carbons (Fsp3) is 0.538. The van der Waals surface area contributed by atoms with E-state index in [2.05, 4.69) is 20.8 Å². The summed E-state index contributed by atoms with van der Waals surface area (Å²) in [4.78, 5) is 0. The van der Waals surface area contributed by atoms with Gasteiger partial charge in [0, 0.05) is 10.0 Å². The topological polar surface area (TPSA) is 0 Å². The van der Waals surface area contributed by atoms with Gasteiger partial charge in [-0.3, -0.25) is 0 Å². The molecule has 0 nitrogen and oxygen atoms in total. The van der Waals surface area contributed by atoms with Crippen molar-refractivity contribution in [3.8, 4) is 0 Å². The number of rotatable bonds is 4. The van der Waals surface area contributed by atoms with Crippen molar-refractivity contribution in [3.63, 3.8) is 0 Å². The van der Waals surface area contributed by atoms with Gasteiger partial charge in [-0.2, -0.15) is 0 Å². The van der Waals surface area contributed by atoms with Crippen molar-refractivity contribution in [2.45, 2.75) is 45.4 Å². The van der Waals surface area contributed by atoms with Crippen molar-refractivity contribution in [3.05, 3.63) is 33.8 Å². The fourth-order valence-electron chi connectivity index (χ4n) is 2.10. The summed E-state index contributed by atoms with van der Waals surface area (Å²) in [6.07, 6.45) is 3.32. The molecule has 0 saturated heterocycles. The van der Waals surface area contributed by atoms with Crippen molar-refractivity contribution in [2.24, 2.45) is 0 Å². The first-order chi connectivity index (χ1) is 7.05. The summed E-state index contributed by atoms with van der Waals surface area (Å²) in [7, 11) is 0. The van der Waals surface area contributed by atoms with Gasteiger partial charge in [0.1, 0.15) is 0 Å². The predicted molar refractivity (Wildman–Crippen MR) is 69.0 cm³/mol. The van der Waals surface area contributed by atoms with E-state index in [1.807, 2.05) is 18.2 Å². The first kappa shape index (κ1) is 12.9. The molecule has 0 fully saturated rings. The second kappa shape index (κ2) is 5.23. The molecule has 0 radical (unpaired) electrons. The van der Waals surface area contributed by atoms with Crippen LogP contribution >= 0.6 is 23.2 Å². The molecule has 1 atom stereocenters. The maximum absolute atomic E-state index is 6.24. The summed E-state index contributed by atoms with van der Waals surface area (Å²) in [5.74, 6) is 0. The van der Waals surface area contributed by atoms with Gasteiger partial charge in [0.2, 0.25) is 0 Å². The summed E-state index contributed by atoms with van der Waals surface area (Å²) in [5.41, 5.74) is 1.21. The van der Waals surface area contributed by atoms with Gasteiger partial charge in [-0.25, -0.2) is 0 Å². The van der Waals surface area contributed by atoms with E-state index in [-0.39, 0.29) is 5.41 Å². The summed E-state index contributed by atoms with van der Waals surface area (Å²) < 4.78 is 0. The number of benzene rings is 1. The minimum atomic E-state index is 0.101. The molecule has 1 aromatic carbocycles. The number of hydrogen-bond donors (Lipinski definition) is 0. The van der Waals surface area contributed by atoms with Gasteiger partial charge in [-0.05, 0) is 36.0 Å². The Morgan fingerprint density at radius 3 is 2.07 bits per heavy atom. The summed E-state index contributed by atoms with van der Waals surface area (Å²) in [5, 5.41) is 1.58. The van der Waals surface area contributed by atoms with Crippen LogP contribution in [0.25, 0.3) is 0 Å². The summed E-state index contributed by atoms with van der Waals surface area (Å²) >= 11 is 12.5. The molecular weight excluding hydrogens is 227 g/mol. The lowest BCUT2D eigenvalue weighted by molar-refractivity contribution is 0.414. The standard InChI is InChI=1S/C13H18Cl2/c1-4-9-13(3,5-2)12-10(14)7-6-8-11(12)15/h6-8H,4-5,9H2,1-3H3. The van der Waals surface area contributed by atoms with E-state index in [4.69, 9.17) is 23.2 Å². The molecule has 0 spiro atoms. The maximum Gasteiger partial charge on any atom is 0.0458 e. The molecule has 1 aromatic rings. The van der Waals surface area contributed by atoms with Crippen LogP contribution in [-0.2, 0) is 5.41 Å². The quantitative estimate of drug-likeness (QED) is 0.660. The molecule has 0 aliphatic rings. The van der Waals surface area contributed by atoms with E-state index in [0.717, 1.165) is 34.9 Å². The van der Waals surface area contributed by atoms with Crippen molar-refractivity contribution < 1.29 is 0 Å². The zero-order valence-electron chi connectivity index (χ0n) is 9.61. The highest BCUT2D eigenvalue weighted by Crippen LogP contribution is 2.40. The van der Waals surface area contributed by atoms with Crippen LogP contribution < -0.4 is 0 Å². The van der Waals surface area contributed by atoms with Crippen LogP contribution in [0, 0.1) is 0 Å². The molecule has 0 saturated carbocycles. The van der Waals surface area contributed by atoms with E-state index >= 15 is 0 Å². The zero-order valence-corrected chi connectivity index (χ0v) is 11.1. The highest BCUT2D eigenvalue weighted by atomic mass is 35.5. The van der Waals surface area contributed by atoms with Gasteiger partial charge >= 0.3 is 0 Å². The number of halogens is 2. The largest absolute Gasteiger partial charge is 0.0840 e. The van der Waals surface area contributed by atoms with Crippen molar-refractivity contribution in [1.29, 1.82) is 0 Å². The van der Waals surface area contributed by atoms with Crippen molar-refractivity contribution in [1.82, 2.24) is 0 Å². The summed E-state index contributed by atoms with van der Waals surface area (Å²) in [6.45, 7) is 6.62. The van der Waals surface area contributed by atoms with Crippen LogP contribution in [-0.4, -0.2) is 0 Å². The normalized spacial score (nSPS) is 15.0. The molecule has 0 bridgehead atoms. The highest BCUT2D eigenvalue weighted by Gasteiger charge is 2.28. The average molecular weight is 245 g/mol. The molecule has 0 amide bonds. The van der Waals surface area contributed by atoms with Crippen LogP contribution in [0.3, 0.4) is 0 Å². The highest BCUT2D eigenvalue weighted by molar-refractivity contribution is 6.36. The Hall–Kier alpha value is -0.200. The molecule has 0 heterocycles. The van der Waals surface area contributed by atoms with Gasteiger partial charge in [-0.15, -0.1) is 0 Å². The first-order valence-electron chi connectivity index (χ1n) is 5.49. The van der Waals surface area contributed by atoms with Gasteiger partial charge in [0.25, 0.3) is 0 Å². The third kappa shape index (κ3) is 2.68. The predicted octanol–water partition coefficient (Wildman–Crippen LogP) is 5.46. The molecule has 15 heavy (non-hydrogen) atoms. The first-order valence-corrected chi connectivity index (χ1v) is 6.25. The van der Waals surface area contributed by atoms with E-state index in [9.17, 15) is 0 Å². The van der Waals surface area contributed by atoms with E-state index in [0.29, 0.717) is 0 Å². The van der Waals surface area contributed by atoms with Gasteiger partial charge < -0.3 is 0 Å². The molecule has 1 rings (SSSR count). The van der Waals surface area contributed by atoms with E-state index < -0.39 is 0 Å². The monoisotopic (exact) mass is 244 g/mol. The minimum absolute atomic E-state index is 0.101. The Morgan fingerprint density at radius 1 is 1.13 bits per heavy atom. The molecule has 0 aromatic heterocycles. The Bertz CT molecular complexity index is 313. The third-order valence-corrected chi connectivity index (χ3v) is 3.78. The van der Waals surface area contributed by atoms with Gasteiger partial charge in [0.15, 0.2) is 0 Å². The molecule has 84 valence electrons. The molecule has 0 aliphatic carbocycles. The molecule has 1 unspecified atom stereocenters. The van der Waals surface area contributed by atoms with Crippen LogP contribution in [0.4, 0.5) is 0 Å². The van der Waals surface area contributed by atoms with Crippen LogP contribution in [0.5, 0.6) is 0 Å². The lowest BCUT2D eigenvalue weighted by atomic mass is 9.76. The minimum Gasteiger partial charge on any atom is -0.0840 e. The maximum atomic E-state index is 6.24. The van der Waals surface area contributed by atoms with E-state index in [1.54, 1.807) is 0 Å². The molecule has 0 aliphatic heterocycles.